The molecule has 0 aliphatic carbocycles. The van der Waals surface area contributed by atoms with E-state index < -0.39 is 20.7 Å². The molecule has 314 valence electrons. The molecular weight excluding hydrogens is 961 g/mol. The van der Waals surface area contributed by atoms with E-state index in [2.05, 4.69) is 57.2 Å². The van der Waals surface area contributed by atoms with Crippen molar-refractivity contribution in [3.05, 3.63) is 198 Å². The minimum Gasteiger partial charge on any atom is -0.500 e. The minimum absolute atomic E-state index is 0. The van der Waals surface area contributed by atoms with Gasteiger partial charge in [-0.1, -0.05) is 160 Å². The molecule has 3 heterocycles. The minimum atomic E-state index is -2.51. The molecule has 5 nitrogen and oxygen atoms in total. The van der Waals surface area contributed by atoms with Crippen molar-refractivity contribution in [2.45, 2.75) is 53.2 Å². The number of para-hydroxylation sites is 3. The molecule has 0 unspecified atom stereocenters. The quantitative estimate of drug-likeness (QED) is 0.118. The summed E-state index contributed by atoms with van der Waals surface area (Å²) >= 11 is 0. The van der Waals surface area contributed by atoms with Crippen LogP contribution in [0.25, 0.3) is 83.3 Å². The zero-order chi connectivity index (χ0) is 51.3. The first-order valence-electron chi connectivity index (χ1n) is 25.3. The number of furan rings is 1. The second-order valence-electron chi connectivity index (χ2n) is 16.0. The van der Waals surface area contributed by atoms with E-state index in [1.165, 1.54) is 16.8 Å². The molecule has 0 aliphatic rings. The topological polar surface area (TPSA) is 58.6 Å². The van der Waals surface area contributed by atoms with E-state index >= 15 is 0 Å². The van der Waals surface area contributed by atoms with Crippen molar-refractivity contribution in [1.82, 2.24) is 9.55 Å². The Kier molecular flexibility index (Phi) is 9.69. The Bertz CT molecular complexity index is 3640. The predicted molar refractivity (Wildman–Crippen MR) is 257 cm³/mol. The summed E-state index contributed by atoms with van der Waals surface area (Å²) in [6, 6.07) is 53.8. The van der Waals surface area contributed by atoms with Crippen molar-refractivity contribution in [3.8, 4) is 56.4 Å². The number of aryl methyl sites for hydroxylation is 3. The van der Waals surface area contributed by atoms with Crippen LogP contribution in [-0.4, -0.2) is 9.55 Å². The third-order valence-electron chi connectivity index (χ3n) is 11.4. The Morgan fingerprint density at radius 2 is 1.42 bits per heavy atom. The van der Waals surface area contributed by atoms with E-state index in [1.807, 2.05) is 109 Å². The molecule has 10 rings (SSSR count). The number of pyridine rings is 1. The van der Waals surface area contributed by atoms with Gasteiger partial charge in [0.05, 0.1) is 39.3 Å². The molecule has 0 radical (unpaired) electrons. The summed E-state index contributed by atoms with van der Waals surface area (Å²) in [6.45, 7) is 1.12. The average molecular weight is 1020 g/mol. The number of hydrogen-bond acceptors (Lipinski definition) is 3. The Morgan fingerprint density at radius 3 is 2.11 bits per heavy atom. The number of benzene rings is 7. The average Bonchev–Trinajstić information content (AvgIpc) is 3.96. The van der Waals surface area contributed by atoms with Crippen molar-refractivity contribution in [3.63, 3.8) is 0 Å². The van der Waals surface area contributed by atoms with E-state index in [4.69, 9.17) is 16.8 Å². The van der Waals surface area contributed by atoms with E-state index in [0.29, 0.717) is 49.8 Å². The Balaban J connectivity index is 0.000000297. The maximum atomic E-state index is 10.3. The van der Waals surface area contributed by atoms with Gasteiger partial charge in [0.2, 0.25) is 6.33 Å². The third kappa shape index (κ3) is 8.10. The van der Waals surface area contributed by atoms with E-state index in [0.717, 1.165) is 44.6 Å². The molecule has 7 aromatic carbocycles. The van der Waals surface area contributed by atoms with Crippen LogP contribution in [0, 0.1) is 43.5 Å². The van der Waals surface area contributed by atoms with Gasteiger partial charge in [0.15, 0.2) is 0 Å². The van der Waals surface area contributed by atoms with Gasteiger partial charge in [-0.2, -0.15) is 35.6 Å². The molecule has 0 bridgehead atoms. The Labute approximate surface area is 402 Å². The van der Waals surface area contributed by atoms with Gasteiger partial charge in [-0.3, -0.25) is 0 Å². The standard InChI is InChI=1S/C44H37N2O.C14H11N2.Ir/c1-26(2)34-13-10-14-35(27(3)4)42(34)38-23-39(46-25-29(38)6)36-21-15-28(5)40-37-22-20-33(24-45)41(44(37)47-43(36)40)32-18-16-31(17-19-32)30-11-8-7-9-12-30;1-15-11-16(12-7-3-2-4-8-12)14-10-6-5-9-13(14)15;/h7-20,22-23,25-27H,1-6H3;2-7,9-10H,1H3;/q2*-1;+3/i5D3,6D3;1D3;. The van der Waals surface area contributed by atoms with Crippen LogP contribution in [0.1, 0.15) is 79.7 Å². The van der Waals surface area contributed by atoms with Crippen molar-refractivity contribution < 1.29 is 41.4 Å². The molecule has 0 saturated heterocycles. The first kappa shape index (κ1) is 33.6. The summed E-state index contributed by atoms with van der Waals surface area (Å²) < 4.78 is 83.1. The van der Waals surface area contributed by atoms with Gasteiger partial charge in [0.1, 0.15) is 5.58 Å². The second kappa shape index (κ2) is 18.4. The van der Waals surface area contributed by atoms with E-state index in [-0.39, 0.29) is 48.7 Å². The van der Waals surface area contributed by atoms with E-state index in [9.17, 15) is 5.26 Å². The summed E-state index contributed by atoms with van der Waals surface area (Å²) in [5, 5.41) is 11.2. The summed E-state index contributed by atoms with van der Waals surface area (Å²) in [7, 11) is 0. The molecule has 3 aromatic heterocycles. The van der Waals surface area contributed by atoms with Crippen LogP contribution in [0.5, 0.6) is 0 Å². The zero-order valence-corrected chi connectivity index (χ0v) is 38.0. The number of imidazole rings is 1. The van der Waals surface area contributed by atoms with Crippen LogP contribution < -0.4 is 4.57 Å². The van der Waals surface area contributed by atoms with Gasteiger partial charge >= 0.3 is 20.1 Å². The largest absolute Gasteiger partial charge is 3.00 e. The first-order valence-corrected chi connectivity index (χ1v) is 20.8. The summed E-state index contributed by atoms with van der Waals surface area (Å²) in [4.78, 5) is 4.67. The molecule has 0 N–H and O–H groups in total. The van der Waals surface area contributed by atoms with Crippen molar-refractivity contribution >= 4 is 33.0 Å². The van der Waals surface area contributed by atoms with Crippen LogP contribution in [0.15, 0.2) is 156 Å². The zero-order valence-electron chi connectivity index (χ0n) is 44.6. The van der Waals surface area contributed by atoms with Crippen molar-refractivity contribution in [1.29, 1.82) is 5.26 Å². The fourth-order valence-corrected chi connectivity index (χ4v) is 8.33. The number of fused-ring (bicyclic) bond motifs is 4. The molecule has 0 fully saturated rings. The van der Waals surface area contributed by atoms with Crippen LogP contribution >= 0.6 is 0 Å². The number of rotatable bonds is 7. The molecule has 6 heteroatoms. The van der Waals surface area contributed by atoms with Crippen LogP contribution in [0.2, 0.25) is 0 Å². The van der Waals surface area contributed by atoms with Crippen LogP contribution in [0.4, 0.5) is 0 Å². The van der Waals surface area contributed by atoms with Gasteiger partial charge < -0.3 is 18.5 Å². The van der Waals surface area contributed by atoms with Crippen LogP contribution in [-0.2, 0) is 27.1 Å². The monoisotopic (exact) mass is 1020 g/mol. The molecule has 0 aliphatic heterocycles. The first-order chi connectivity index (χ1) is 34.3. The third-order valence-corrected chi connectivity index (χ3v) is 11.4. The number of aromatic nitrogens is 3. The maximum Gasteiger partial charge on any atom is 3.00 e. The van der Waals surface area contributed by atoms with Gasteiger partial charge in [-0.15, -0.1) is 17.7 Å². The number of nitrogens with zero attached hydrogens (tertiary/aromatic N) is 4. The number of hydrogen-bond donors (Lipinski definition) is 0. The molecule has 10 aromatic rings. The van der Waals surface area contributed by atoms with Gasteiger partial charge in [-0.05, 0) is 75.0 Å². The number of nitriles is 1. The fraction of sp³-hybridized carbons (Fsp3) is 0.155. The van der Waals surface area contributed by atoms with Crippen LogP contribution in [0.3, 0.4) is 0 Å². The normalized spacial score (nSPS) is 13.9. The maximum absolute atomic E-state index is 10.3. The Hall–Kier alpha value is -6.90. The predicted octanol–water partition coefficient (Wildman–Crippen LogP) is 14.2. The van der Waals surface area contributed by atoms with Crippen molar-refractivity contribution in [2.24, 2.45) is 6.98 Å². The van der Waals surface area contributed by atoms with Crippen molar-refractivity contribution in [2.75, 3.05) is 0 Å². The summed E-state index contributed by atoms with van der Waals surface area (Å²) in [6.07, 6.45) is 4.28. The van der Waals surface area contributed by atoms with Gasteiger partial charge in [0, 0.05) is 25.4 Å². The van der Waals surface area contributed by atoms with E-state index in [1.54, 1.807) is 34.9 Å². The second-order valence-corrected chi connectivity index (χ2v) is 16.0. The Morgan fingerprint density at radius 1 is 0.719 bits per heavy atom. The summed E-state index contributed by atoms with van der Waals surface area (Å²) in [5.41, 5.74) is 10.9. The van der Waals surface area contributed by atoms with Gasteiger partial charge in [0.25, 0.3) is 0 Å². The fourth-order valence-electron chi connectivity index (χ4n) is 8.33. The molecule has 64 heavy (non-hydrogen) atoms. The SMILES string of the molecule is [2H]C([2H])([2H])[n+]1[c-]n(-c2[c-]cccc2)c2ccccc21.[2H]C([2H])([2H])c1cnc(-c2[c-]cc(C([2H])([2H])[2H])c3c2oc2c(-c4ccc(-c5ccccc5)cc4)c(C#N)ccc23)cc1-c1c(C(C)C)cccc1C(C)C.[Ir+3]. The molecule has 0 amide bonds. The smallest absolute Gasteiger partial charge is 0.500 e. The molecular formula is C58H48IrN4O+. The molecule has 0 saturated carbocycles. The molecule has 0 atom stereocenters. The van der Waals surface area contributed by atoms with Gasteiger partial charge in [-0.25, -0.2) is 0 Å². The summed E-state index contributed by atoms with van der Waals surface area (Å²) in [5.74, 6) is 0.206. The molecule has 0 spiro atoms.